The molecular weight excluding hydrogens is 304 g/mol. The number of hydrogen-bond acceptors (Lipinski definition) is 4. The molecule has 0 saturated heterocycles. The van der Waals surface area contributed by atoms with Gasteiger partial charge in [0.05, 0.1) is 0 Å². The number of benzene rings is 2. The second-order valence-electron chi connectivity index (χ2n) is 6.20. The van der Waals surface area contributed by atoms with Gasteiger partial charge in [-0.1, -0.05) is 26.0 Å². The molecule has 0 saturated carbocycles. The van der Waals surface area contributed by atoms with E-state index in [1.807, 2.05) is 19.1 Å². The Kier molecular flexibility index (Phi) is 4.60. The van der Waals surface area contributed by atoms with Crippen molar-refractivity contribution in [3.05, 3.63) is 48.0 Å². The van der Waals surface area contributed by atoms with Gasteiger partial charge in [-0.3, -0.25) is 4.79 Å². The van der Waals surface area contributed by atoms with E-state index in [-0.39, 0.29) is 18.7 Å². The first kappa shape index (κ1) is 16.2. The van der Waals surface area contributed by atoms with Gasteiger partial charge >= 0.3 is 0 Å². The molecule has 0 fully saturated rings. The van der Waals surface area contributed by atoms with E-state index in [2.05, 4.69) is 36.6 Å². The zero-order valence-corrected chi connectivity index (χ0v) is 14.1. The molecule has 2 N–H and O–H groups in total. The van der Waals surface area contributed by atoms with Crippen LogP contribution in [0.4, 0.5) is 11.4 Å². The minimum absolute atomic E-state index is 0.108. The first-order chi connectivity index (χ1) is 11.5. The summed E-state index contributed by atoms with van der Waals surface area (Å²) in [4.78, 5) is 12.4. The summed E-state index contributed by atoms with van der Waals surface area (Å²) >= 11 is 0. The molecule has 1 heterocycles. The molecule has 0 aromatic heterocycles. The van der Waals surface area contributed by atoms with Gasteiger partial charge in [-0.25, -0.2) is 0 Å². The Morgan fingerprint density at radius 1 is 1.00 bits per heavy atom. The summed E-state index contributed by atoms with van der Waals surface area (Å²) in [7, 11) is 0. The van der Waals surface area contributed by atoms with Crippen molar-refractivity contribution in [1.82, 2.24) is 0 Å². The highest BCUT2D eigenvalue weighted by molar-refractivity contribution is 5.96. The predicted molar refractivity (Wildman–Crippen MR) is 94.8 cm³/mol. The minimum Gasteiger partial charge on any atom is -0.454 e. The number of ether oxygens (including phenoxy) is 2. The summed E-state index contributed by atoms with van der Waals surface area (Å²) in [5, 5.41) is 6.13. The molecule has 1 aliphatic rings. The summed E-state index contributed by atoms with van der Waals surface area (Å²) in [6.45, 7) is 6.35. The Labute approximate surface area is 142 Å². The van der Waals surface area contributed by atoms with Gasteiger partial charge in [0.25, 0.3) is 0 Å². The fraction of sp³-hybridized carbons (Fsp3) is 0.316. The van der Waals surface area contributed by atoms with Crippen molar-refractivity contribution in [2.24, 2.45) is 0 Å². The van der Waals surface area contributed by atoms with Crippen LogP contribution in [0.15, 0.2) is 42.5 Å². The number of fused-ring (bicyclic) bond motifs is 1. The van der Waals surface area contributed by atoms with Crippen LogP contribution in [0.25, 0.3) is 0 Å². The fourth-order valence-corrected chi connectivity index (χ4v) is 2.53. The van der Waals surface area contributed by atoms with Crippen LogP contribution < -0.4 is 20.1 Å². The van der Waals surface area contributed by atoms with Crippen molar-refractivity contribution in [3.63, 3.8) is 0 Å². The molecule has 0 aliphatic carbocycles. The molecule has 1 aliphatic heterocycles. The smallest absolute Gasteiger partial charge is 0.246 e. The van der Waals surface area contributed by atoms with E-state index >= 15 is 0 Å². The average Bonchev–Trinajstić information content (AvgIpc) is 3.02. The summed E-state index contributed by atoms with van der Waals surface area (Å²) in [5.74, 6) is 1.69. The molecular formula is C19H22N2O3. The van der Waals surface area contributed by atoms with Gasteiger partial charge in [-0.15, -0.1) is 0 Å². The van der Waals surface area contributed by atoms with Crippen LogP contribution in [-0.2, 0) is 4.79 Å². The molecule has 0 spiro atoms. The highest BCUT2D eigenvalue weighted by Gasteiger charge is 2.17. The standard InChI is InChI=1S/C19H22N2O3/c1-12(2)14-5-4-6-15(9-14)20-13(3)19(22)21-16-7-8-17-18(10-16)24-11-23-17/h4-10,12-13,20H,11H2,1-3H3,(H,21,22)/t13-/m0/s1. The Hall–Kier alpha value is -2.69. The van der Waals surface area contributed by atoms with E-state index in [9.17, 15) is 4.79 Å². The van der Waals surface area contributed by atoms with Crippen molar-refractivity contribution in [2.75, 3.05) is 17.4 Å². The Bertz CT molecular complexity index is 743. The summed E-state index contributed by atoms with van der Waals surface area (Å²) in [6.07, 6.45) is 0. The lowest BCUT2D eigenvalue weighted by atomic mass is 10.0. The predicted octanol–water partition coefficient (Wildman–Crippen LogP) is 3.98. The van der Waals surface area contributed by atoms with Crippen molar-refractivity contribution >= 4 is 17.3 Å². The van der Waals surface area contributed by atoms with E-state index in [0.29, 0.717) is 23.1 Å². The van der Waals surface area contributed by atoms with Crippen LogP contribution in [0.1, 0.15) is 32.3 Å². The van der Waals surface area contributed by atoms with Crippen LogP contribution >= 0.6 is 0 Å². The zero-order chi connectivity index (χ0) is 17.1. The van der Waals surface area contributed by atoms with E-state index in [1.54, 1.807) is 18.2 Å². The maximum Gasteiger partial charge on any atom is 0.246 e. The van der Waals surface area contributed by atoms with Crippen LogP contribution in [0.3, 0.4) is 0 Å². The van der Waals surface area contributed by atoms with Crippen LogP contribution in [-0.4, -0.2) is 18.7 Å². The highest BCUT2D eigenvalue weighted by atomic mass is 16.7. The maximum atomic E-state index is 12.4. The molecule has 126 valence electrons. The molecule has 5 nitrogen and oxygen atoms in total. The number of nitrogens with one attached hydrogen (secondary N) is 2. The quantitative estimate of drug-likeness (QED) is 0.872. The van der Waals surface area contributed by atoms with E-state index in [0.717, 1.165) is 5.69 Å². The number of rotatable bonds is 5. The van der Waals surface area contributed by atoms with Gasteiger partial charge in [0.15, 0.2) is 11.5 Å². The topological polar surface area (TPSA) is 59.6 Å². The third-order valence-electron chi connectivity index (χ3n) is 3.97. The average molecular weight is 326 g/mol. The first-order valence-corrected chi connectivity index (χ1v) is 8.10. The molecule has 1 amide bonds. The number of anilines is 2. The number of amides is 1. The molecule has 1 atom stereocenters. The molecule has 0 bridgehead atoms. The monoisotopic (exact) mass is 326 g/mol. The molecule has 3 rings (SSSR count). The van der Waals surface area contributed by atoms with E-state index in [4.69, 9.17) is 9.47 Å². The molecule has 0 unspecified atom stereocenters. The van der Waals surface area contributed by atoms with Gasteiger partial charge in [0.1, 0.15) is 6.04 Å². The van der Waals surface area contributed by atoms with Gasteiger partial charge < -0.3 is 20.1 Å². The second-order valence-corrected chi connectivity index (χ2v) is 6.20. The van der Waals surface area contributed by atoms with Gasteiger partial charge in [-0.2, -0.15) is 0 Å². The van der Waals surface area contributed by atoms with Crippen molar-refractivity contribution in [2.45, 2.75) is 32.7 Å². The lowest BCUT2D eigenvalue weighted by molar-refractivity contribution is -0.116. The van der Waals surface area contributed by atoms with Crippen molar-refractivity contribution < 1.29 is 14.3 Å². The zero-order valence-electron chi connectivity index (χ0n) is 14.1. The summed E-state index contributed by atoms with van der Waals surface area (Å²) in [5.41, 5.74) is 2.87. The van der Waals surface area contributed by atoms with E-state index in [1.165, 1.54) is 5.56 Å². The number of hydrogen-bond donors (Lipinski definition) is 2. The molecule has 0 radical (unpaired) electrons. The Morgan fingerprint density at radius 3 is 2.58 bits per heavy atom. The van der Waals surface area contributed by atoms with E-state index < -0.39 is 0 Å². The lowest BCUT2D eigenvalue weighted by Gasteiger charge is -2.17. The third kappa shape index (κ3) is 3.62. The third-order valence-corrected chi connectivity index (χ3v) is 3.97. The highest BCUT2D eigenvalue weighted by Crippen LogP contribution is 2.34. The molecule has 2 aromatic carbocycles. The fourth-order valence-electron chi connectivity index (χ4n) is 2.53. The van der Waals surface area contributed by atoms with Gasteiger partial charge in [0, 0.05) is 17.4 Å². The lowest BCUT2D eigenvalue weighted by Crippen LogP contribution is -2.31. The van der Waals surface area contributed by atoms with Gasteiger partial charge in [-0.05, 0) is 42.7 Å². The van der Waals surface area contributed by atoms with Crippen LogP contribution in [0.2, 0.25) is 0 Å². The number of carbonyl (C=O) groups excluding carboxylic acids is 1. The number of carbonyl (C=O) groups is 1. The normalized spacial score (nSPS) is 13.7. The first-order valence-electron chi connectivity index (χ1n) is 8.10. The summed E-state index contributed by atoms with van der Waals surface area (Å²) < 4.78 is 10.6. The van der Waals surface area contributed by atoms with Crippen LogP contribution in [0, 0.1) is 0 Å². The largest absolute Gasteiger partial charge is 0.454 e. The maximum absolute atomic E-state index is 12.4. The minimum atomic E-state index is -0.363. The molecule has 5 heteroatoms. The summed E-state index contributed by atoms with van der Waals surface area (Å²) in [6, 6.07) is 13.1. The van der Waals surface area contributed by atoms with Crippen molar-refractivity contribution in [3.8, 4) is 11.5 Å². The molecule has 24 heavy (non-hydrogen) atoms. The Balaban J connectivity index is 1.63. The van der Waals surface area contributed by atoms with Crippen molar-refractivity contribution in [1.29, 1.82) is 0 Å². The SMILES string of the molecule is CC(C)c1cccc(N[C@@H](C)C(=O)Nc2ccc3c(c2)OCO3)c1. The molecule has 2 aromatic rings. The van der Waals surface area contributed by atoms with Gasteiger partial charge in [0.2, 0.25) is 12.7 Å². The second kappa shape index (κ2) is 6.83. The Morgan fingerprint density at radius 2 is 1.79 bits per heavy atom. The van der Waals surface area contributed by atoms with Crippen LogP contribution in [0.5, 0.6) is 11.5 Å².